The van der Waals surface area contributed by atoms with Crippen LogP contribution in [-0.2, 0) is 13.5 Å². The molecule has 0 aliphatic rings. The van der Waals surface area contributed by atoms with E-state index in [9.17, 15) is 8.78 Å². The van der Waals surface area contributed by atoms with Crippen molar-refractivity contribution in [3.8, 4) is 0 Å². The zero-order valence-electron chi connectivity index (χ0n) is 12.0. The van der Waals surface area contributed by atoms with Crippen molar-refractivity contribution in [3.05, 3.63) is 52.0 Å². The normalized spacial score (nSPS) is 12.6. The number of imidazole rings is 1. The molecule has 1 unspecified atom stereocenters. The zero-order chi connectivity index (χ0) is 15.4. The molecule has 6 heteroatoms. The number of halogens is 3. The summed E-state index contributed by atoms with van der Waals surface area (Å²) in [5.41, 5.74) is 0.0919. The lowest BCUT2D eigenvalue weighted by Crippen LogP contribution is -2.24. The Morgan fingerprint density at radius 3 is 2.52 bits per heavy atom. The summed E-state index contributed by atoms with van der Waals surface area (Å²) in [7, 11) is 1.91. The third-order valence-electron chi connectivity index (χ3n) is 3.42. The number of hydrogen-bond donors (Lipinski definition) is 1. The van der Waals surface area contributed by atoms with Gasteiger partial charge < -0.3 is 9.88 Å². The maximum atomic E-state index is 14.1. The fourth-order valence-corrected chi connectivity index (χ4v) is 2.79. The molecule has 1 heterocycles. The summed E-state index contributed by atoms with van der Waals surface area (Å²) in [4.78, 5) is 4.24. The summed E-state index contributed by atoms with van der Waals surface area (Å²) < 4.78 is 30.5. The van der Waals surface area contributed by atoms with Gasteiger partial charge in [-0.05, 0) is 25.1 Å². The van der Waals surface area contributed by atoms with Gasteiger partial charge in [-0.15, -0.1) is 0 Å². The van der Waals surface area contributed by atoms with Crippen molar-refractivity contribution in [1.82, 2.24) is 14.9 Å². The average Bonchev–Trinajstić information content (AvgIpc) is 2.80. The van der Waals surface area contributed by atoms with Crippen LogP contribution in [0.4, 0.5) is 8.78 Å². The molecule has 1 N–H and O–H groups in total. The van der Waals surface area contributed by atoms with Crippen molar-refractivity contribution in [1.29, 1.82) is 0 Å². The molecular formula is C15H18BrF2N3. The highest BCUT2D eigenvalue weighted by molar-refractivity contribution is 9.10. The van der Waals surface area contributed by atoms with E-state index in [-0.39, 0.29) is 11.6 Å². The van der Waals surface area contributed by atoms with Gasteiger partial charge in [0.2, 0.25) is 0 Å². The molecule has 0 amide bonds. The van der Waals surface area contributed by atoms with Crippen molar-refractivity contribution in [2.24, 2.45) is 7.05 Å². The van der Waals surface area contributed by atoms with Crippen molar-refractivity contribution in [2.45, 2.75) is 25.8 Å². The van der Waals surface area contributed by atoms with E-state index in [0.717, 1.165) is 5.82 Å². The van der Waals surface area contributed by atoms with Crippen LogP contribution in [0.5, 0.6) is 0 Å². The van der Waals surface area contributed by atoms with Crippen LogP contribution in [0.15, 0.2) is 29.0 Å². The largest absolute Gasteiger partial charge is 0.338 e. The minimum absolute atomic E-state index is 0.0919. The van der Waals surface area contributed by atoms with Crippen LogP contribution in [0, 0.1) is 11.6 Å². The highest BCUT2D eigenvalue weighted by Gasteiger charge is 2.20. The molecule has 3 nitrogen and oxygen atoms in total. The number of hydrogen-bond acceptors (Lipinski definition) is 2. The van der Waals surface area contributed by atoms with E-state index in [1.165, 1.54) is 12.1 Å². The van der Waals surface area contributed by atoms with Crippen LogP contribution >= 0.6 is 15.9 Å². The molecule has 0 bridgehead atoms. The van der Waals surface area contributed by atoms with Crippen molar-refractivity contribution in [3.63, 3.8) is 0 Å². The van der Waals surface area contributed by atoms with Crippen LogP contribution in [0.1, 0.15) is 30.8 Å². The first-order valence-corrected chi connectivity index (χ1v) is 7.66. The molecule has 0 saturated heterocycles. The number of nitrogens with zero attached hydrogens (tertiary/aromatic N) is 2. The predicted octanol–water partition coefficient (Wildman–Crippen LogP) is 3.74. The van der Waals surface area contributed by atoms with Crippen molar-refractivity contribution < 1.29 is 8.78 Å². The van der Waals surface area contributed by atoms with E-state index in [4.69, 9.17) is 0 Å². The molecule has 21 heavy (non-hydrogen) atoms. The van der Waals surface area contributed by atoms with Crippen LogP contribution in [-0.4, -0.2) is 16.1 Å². The average molecular weight is 358 g/mol. The first kappa shape index (κ1) is 16.1. The van der Waals surface area contributed by atoms with E-state index in [1.54, 1.807) is 6.20 Å². The number of aromatic nitrogens is 2. The highest BCUT2D eigenvalue weighted by atomic mass is 79.9. The Labute approximate surface area is 131 Å². The minimum atomic E-state index is -0.535. The third-order valence-corrected chi connectivity index (χ3v) is 3.88. The Hall–Kier alpha value is -1.27. The molecule has 0 spiro atoms. The summed E-state index contributed by atoms with van der Waals surface area (Å²) in [5, 5.41) is 3.15. The first-order chi connectivity index (χ1) is 10.0. The van der Waals surface area contributed by atoms with Gasteiger partial charge in [0.1, 0.15) is 17.5 Å². The van der Waals surface area contributed by atoms with E-state index in [0.29, 0.717) is 23.9 Å². The van der Waals surface area contributed by atoms with Gasteiger partial charge in [0.25, 0.3) is 0 Å². The van der Waals surface area contributed by atoms with E-state index >= 15 is 0 Å². The minimum Gasteiger partial charge on any atom is -0.338 e. The molecule has 0 aliphatic heterocycles. The lowest BCUT2D eigenvalue weighted by Gasteiger charge is -2.20. The fraction of sp³-hybridized carbons (Fsp3) is 0.400. The topological polar surface area (TPSA) is 29.9 Å². The summed E-state index contributed by atoms with van der Waals surface area (Å²) >= 11 is 3.10. The molecule has 1 atom stereocenters. The molecular weight excluding hydrogens is 340 g/mol. The molecule has 0 radical (unpaired) electrons. The number of rotatable bonds is 6. The fourth-order valence-electron chi connectivity index (χ4n) is 2.39. The Balaban J connectivity index is 2.21. The Morgan fingerprint density at radius 1 is 1.33 bits per heavy atom. The summed E-state index contributed by atoms with van der Waals surface area (Å²) in [6.45, 7) is 2.56. The van der Waals surface area contributed by atoms with Gasteiger partial charge in [0, 0.05) is 41.9 Å². The third kappa shape index (κ3) is 3.89. The van der Waals surface area contributed by atoms with Gasteiger partial charge in [-0.2, -0.15) is 0 Å². The Bertz CT molecular complexity index is 590. The second-order valence-electron chi connectivity index (χ2n) is 4.89. The van der Waals surface area contributed by atoms with Crippen LogP contribution in [0.2, 0.25) is 0 Å². The maximum absolute atomic E-state index is 14.1. The van der Waals surface area contributed by atoms with Gasteiger partial charge in [-0.25, -0.2) is 13.8 Å². The van der Waals surface area contributed by atoms with Gasteiger partial charge in [-0.3, -0.25) is 0 Å². The number of nitrogens with one attached hydrogen (secondary N) is 1. The smallest absolute Gasteiger partial charge is 0.132 e. The second-order valence-corrected chi connectivity index (χ2v) is 5.80. The van der Waals surface area contributed by atoms with Gasteiger partial charge in [0.15, 0.2) is 0 Å². The molecule has 0 saturated carbocycles. The highest BCUT2D eigenvalue weighted by Crippen LogP contribution is 2.27. The van der Waals surface area contributed by atoms with Crippen LogP contribution in [0.3, 0.4) is 0 Å². The summed E-state index contributed by atoms with van der Waals surface area (Å²) in [6, 6.07) is 2.22. The van der Waals surface area contributed by atoms with Crippen LogP contribution in [0.25, 0.3) is 0 Å². The quantitative estimate of drug-likeness (QED) is 0.853. The monoisotopic (exact) mass is 357 g/mol. The van der Waals surface area contributed by atoms with E-state index in [2.05, 4.69) is 26.2 Å². The number of aryl methyl sites for hydroxylation is 2. The second kappa shape index (κ2) is 7.13. The molecule has 1 aromatic heterocycles. The predicted molar refractivity (Wildman–Crippen MR) is 82.0 cm³/mol. The summed E-state index contributed by atoms with van der Waals surface area (Å²) in [5.74, 6) is -0.170. The van der Waals surface area contributed by atoms with Crippen LogP contribution < -0.4 is 5.32 Å². The van der Waals surface area contributed by atoms with E-state index < -0.39 is 11.6 Å². The van der Waals surface area contributed by atoms with Gasteiger partial charge in [0.05, 0.1) is 0 Å². The summed E-state index contributed by atoms with van der Waals surface area (Å²) in [6.07, 6.45) is 4.81. The van der Waals surface area contributed by atoms with Crippen molar-refractivity contribution >= 4 is 15.9 Å². The molecule has 1 aromatic carbocycles. The molecule has 114 valence electrons. The zero-order valence-corrected chi connectivity index (χ0v) is 13.6. The Morgan fingerprint density at radius 2 is 2.00 bits per heavy atom. The molecule has 2 rings (SSSR count). The SMILES string of the molecule is CCNC(CCc1nccn1C)c1c(F)cc(Br)cc1F. The number of benzene rings is 1. The molecule has 0 aliphatic carbocycles. The van der Waals surface area contributed by atoms with Gasteiger partial charge >= 0.3 is 0 Å². The standard InChI is InChI=1S/C15H18BrF2N3/c1-3-19-13(4-5-14-20-6-7-21(14)2)15-11(17)8-10(16)9-12(15)18/h6-9,13,19H,3-5H2,1-2H3. The lowest BCUT2D eigenvalue weighted by atomic mass is 10.0. The maximum Gasteiger partial charge on any atom is 0.132 e. The molecule has 0 fully saturated rings. The Kier molecular flexibility index (Phi) is 5.47. The van der Waals surface area contributed by atoms with Crippen molar-refractivity contribution in [2.75, 3.05) is 6.54 Å². The van der Waals surface area contributed by atoms with E-state index in [1.807, 2.05) is 24.7 Å². The molecule has 2 aromatic rings. The van der Waals surface area contributed by atoms with Gasteiger partial charge in [-0.1, -0.05) is 22.9 Å². The lowest BCUT2D eigenvalue weighted by molar-refractivity contribution is 0.449. The first-order valence-electron chi connectivity index (χ1n) is 6.87.